The van der Waals surface area contributed by atoms with Crippen molar-refractivity contribution in [2.75, 3.05) is 11.9 Å². The maximum Gasteiger partial charge on any atom is 0.312 e. The lowest BCUT2D eigenvalue weighted by Crippen LogP contribution is -2.17. The van der Waals surface area contributed by atoms with Gasteiger partial charge in [-0.25, -0.2) is 4.98 Å². The maximum atomic E-state index is 10.9. The molecular weight excluding hydrogens is 278 g/mol. The topological polar surface area (TPSA) is 68.1 Å². The first-order valence-electron chi connectivity index (χ1n) is 7.10. The second-order valence-electron chi connectivity index (χ2n) is 5.63. The zero-order valence-corrected chi connectivity index (χ0v) is 12.4. The Morgan fingerprint density at radius 1 is 1.55 bits per heavy atom. The molecule has 1 fully saturated rings. The van der Waals surface area contributed by atoms with Crippen LogP contribution in [0.3, 0.4) is 0 Å². The molecule has 1 aliphatic rings. The van der Waals surface area contributed by atoms with Gasteiger partial charge in [0.15, 0.2) is 0 Å². The van der Waals surface area contributed by atoms with Crippen LogP contribution in [0.5, 0.6) is 0 Å². The highest BCUT2D eigenvalue weighted by molar-refractivity contribution is 6.30. The van der Waals surface area contributed by atoms with E-state index >= 15 is 0 Å². The molecule has 0 radical (unpaired) electrons. The normalized spacial score (nSPS) is 22.5. The molecule has 2 unspecified atom stereocenters. The molecule has 0 amide bonds. The van der Waals surface area contributed by atoms with Crippen LogP contribution in [-0.4, -0.2) is 16.5 Å². The summed E-state index contributed by atoms with van der Waals surface area (Å²) in [5.41, 5.74) is -0.0606. The minimum Gasteiger partial charge on any atom is -0.364 e. The van der Waals surface area contributed by atoms with E-state index in [-0.39, 0.29) is 10.7 Å². The second kappa shape index (κ2) is 6.88. The number of hydrogen-bond acceptors (Lipinski definition) is 4. The van der Waals surface area contributed by atoms with Crippen LogP contribution in [0.1, 0.15) is 39.0 Å². The van der Waals surface area contributed by atoms with Crippen molar-refractivity contribution in [1.82, 2.24) is 4.98 Å². The van der Waals surface area contributed by atoms with Crippen molar-refractivity contribution in [1.29, 1.82) is 0 Å². The van der Waals surface area contributed by atoms with Gasteiger partial charge >= 0.3 is 5.69 Å². The molecule has 1 saturated carbocycles. The number of nitrogens with one attached hydrogen (secondary N) is 1. The summed E-state index contributed by atoms with van der Waals surface area (Å²) in [6.45, 7) is 3.01. The third-order valence-electron chi connectivity index (χ3n) is 3.92. The Morgan fingerprint density at radius 2 is 2.35 bits per heavy atom. The molecule has 0 aromatic carbocycles. The molecule has 1 aliphatic carbocycles. The molecule has 0 bridgehead atoms. The average Bonchev–Trinajstić information content (AvgIpc) is 2.40. The van der Waals surface area contributed by atoms with Crippen LogP contribution < -0.4 is 5.32 Å². The van der Waals surface area contributed by atoms with E-state index in [9.17, 15) is 10.1 Å². The molecule has 20 heavy (non-hydrogen) atoms. The minimum absolute atomic E-state index is 0.0606. The highest BCUT2D eigenvalue weighted by Crippen LogP contribution is 2.31. The Kier molecular flexibility index (Phi) is 5.17. The molecule has 1 aromatic heterocycles. The summed E-state index contributed by atoms with van der Waals surface area (Å²) in [5, 5.41) is 14.3. The molecule has 0 aliphatic heterocycles. The van der Waals surface area contributed by atoms with Gasteiger partial charge in [-0.2, -0.15) is 0 Å². The molecule has 0 saturated heterocycles. The third-order valence-corrected chi connectivity index (χ3v) is 4.13. The molecule has 110 valence electrons. The predicted octanol–water partition coefficient (Wildman–Crippen LogP) is 4.27. The highest BCUT2D eigenvalue weighted by atomic mass is 35.5. The Bertz CT molecular complexity index is 481. The number of anilines is 1. The van der Waals surface area contributed by atoms with E-state index in [1.54, 1.807) is 0 Å². The summed E-state index contributed by atoms with van der Waals surface area (Å²) in [5.74, 6) is 1.83. The van der Waals surface area contributed by atoms with Crippen LogP contribution in [-0.2, 0) is 0 Å². The Hall–Kier alpha value is -1.36. The Balaban J connectivity index is 1.89. The first-order chi connectivity index (χ1) is 9.56. The van der Waals surface area contributed by atoms with Gasteiger partial charge < -0.3 is 5.32 Å². The van der Waals surface area contributed by atoms with Gasteiger partial charge in [-0.05, 0) is 24.7 Å². The SMILES string of the molecule is CC1CCCC(CCNc2ncc(Cl)cc2[N+](=O)[O-])C1. The number of nitro groups is 1. The number of pyridine rings is 1. The molecule has 1 heterocycles. The van der Waals surface area contributed by atoms with Gasteiger partial charge in [-0.15, -0.1) is 0 Å². The van der Waals surface area contributed by atoms with E-state index < -0.39 is 4.92 Å². The lowest BCUT2D eigenvalue weighted by Gasteiger charge is -2.26. The first kappa shape index (κ1) is 15.0. The van der Waals surface area contributed by atoms with Crippen molar-refractivity contribution < 1.29 is 4.92 Å². The molecule has 0 spiro atoms. The monoisotopic (exact) mass is 297 g/mol. The zero-order chi connectivity index (χ0) is 14.5. The average molecular weight is 298 g/mol. The summed E-state index contributed by atoms with van der Waals surface area (Å²) in [6, 6.07) is 1.33. The number of rotatable bonds is 5. The van der Waals surface area contributed by atoms with Crippen molar-refractivity contribution >= 4 is 23.1 Å². The number of hydrogen-bond donors (Lipinski definition) is 1. The number of aromatic nitrogens is 1. The van der Waals surface area contributed by atoms with Crippen molar-refractivity contribution in [3.63, 3.8) is 0 Å². The lowest BCUT2D eigenvalue weighted by atomic mass is 9.81. The lowest BCUT2D eigenvalue weighted by molar-refractivity contribution is -0.384. The van der Waals surface area contributed by atoms with Gasteiger partial charge in [0.25, 0.3) is 0 Å². The fourth-order valence-corrected chi connectivity index (χ4v) is 3.07. The number of halogens is 1. The minimum atomic E-state index is -0.454. The standard InChI is InChI=1S/C14H20ClN3O2/c1-10-3-2-4-11(7-10)5-6-16-14-13(18(19)20)8-12(15)9-17-14/h8-11H,2-7H2,1H3,(H,16,17). The van der Waals surface area contributed by atoms with Crippen LogP contribution >= 0.6 is 11.6 Å². The maximum absolute atomic E-state index is 10.9. The largest absolute Gasteiger partial charge is 0.364 e. The summed E-state index contributed by atoms with van der Waals surface area (Å²) >= 11 is 5.74. The third kappa shape index (κ3) is 4.07. The van der Waals surface area contributed by atoms with Gasteiger partial charge in [0.1, 0.15) is 0 Å². The van der Waals surface area contributed by atoms with Crippen LogP contribution in [0.15, 0.2) is 12.3 Å². The van der Waals surface area contributed by atoms with Crippen LogP contribution in [0.2, 0.25) is 5.02 Å². The molecule has 1 N–H and O–H groups in total. The second-order valence-corrected chi connectivity index (χ2v) is 6.07. The summed E-state index contributed by atoms with van der Waals surface area (Å²) in [6.07, 6.45) is 7.62. The van der Waals surface area contributed by atoms with Crippen LogP contribution in [0, 0.1) is 22.0 Å². The van der Waals surface area contributed by atoms with E-state index in [2.05, 4.69) is 17.2 Å². The van der Waals surface area contributed by atoms with E-state index in [0.717, 1.165) is 18.3 Å². The summed E-state index contributed by atoms with van der Waals surface area (Å²) < 4.78 is 0. The molecule has 6 heteroatoms. The first-order valence-corrected chi connectivity index (χ1v) is 7.48. The van der Waals surface area contributed by atoms with Crippen molar-refractivity contribution in [3.05, 3.63) is 27.4 Å². The van der Waals surface area contributed by atoms with Crippen LogP contribution in [0.4, 0.5) is 11.5 Å². The van der Waals surface area contributed by atoms with Gasteiger partial charge in [0.05, 0.1) is 9.95 Å². The molecule has 5 nitrogen and oxygen atoms in total. The van der Waals surface area contributed by atoms with E-state index in [0.29, 0.717) is 12.4 Å². The van der Waals surface area contributed by atoms with E-state index in [4.69, 9.17) is 11.6 Å². The van der Waals surface area contributed by atoms with Gasteiger partial charge in [0.2, 0.25) is 5.82 Å². The van der Waals surface area contributed by atoms with Gasteiger partial charge in [0, 0.05) is 18.8 Å². The predicted molar refractivity (Wildman–Crippen MR) is 80.1 cm³/mol. The van der Waals surface area contributed by atoms with E-state index in [1.807, 2.05) is 0 Å². The molecular formula is C14H20ClN3O2. The molecule has 2 rings (SSSR count). The quantitative estimate of drug-likeness (QED) is 0.651. The molecule has 1 aromatic rings. The van der Waals surface area contributed by atoms with Crippen LogP contribution in [0.25, 0.3) is 0 Å². The fraction of sp³-hybridized carbons (Fsp3) is 0.643. The molecule has 2 atom stereocenters. The zero-order valence-electron chi connectivity index (χ0n) is 11.6. The van der Waals surface area contributed by atoms with E-state index in [1.165, 1.54) is 37.9 Å². The van der Waals surface area contributed by atoms with Crippen molar-refractivity contribution in [2.45, 2.75) is 39.0 Å². The van der Waals surface area contributed by atoms with Crippen molar-refractivity contribution in [2.24, 2.45) is 11.8 Å². The van der Waals surface area contributed by atoms with Crippen molar-refractivity contribution in [3.8, 4) is 0 Å². The van der Waals surface area contributed by atoms with Gasteiger partial charge in [-0.1, -0.05) is 37.8 Å². The Labute approximate surface area is 123 Å². The summed E-state index contributed by atoms with van der Waals surface area (Å²) in [7, 11) is 0. The fourth-order valence-electron chi connectivity index (χ4n) is 2.92. The van der Waals surface area contributed by atoms with Gasteiger partial charge in [-0.3, -0.25) is 10.1 Å². The summed E-state index contributed by atoms with van der Waals surface area (Å²) in [4.78, 5) is 14.5. The highest BCUT2D eigenvalue weighted by Gasteiger charge is 2.20. The number of nitrogens with zero attached hydrogens (tertiary/aromatic N) is 2. The Morgan fingerprint density at radius 3 is 3.05 bits per heavy atom. The smallest absolute Gasteiger partial charge is 0.312 e.